The molecule has 2 amide bonds. The van der Waals surface area contributed by atoms with Crippen molar-refractivity contribution in [3.05, 3.63) is 17.5 Å². The first-order chi connectivity index (χ1) is 11.2. The summed E-state index contributed by atoms with van der Waals surface area (Å²) in [6.45, 7) is 3.36. The summed E-state index contributed by atoms with van der Waals surface area (Å²) < 4.78 is 5.16. The van der Waals surface area contributed by atoms with Gasteiger partial charge in [-0.15, -0.1) is 0 Å². The third kappa shape index (κ3) is 3.06. The number of urea groups is 1. The van der Waals surface area contributed by atoms with Crippen LogP contribution in [0.3, 0.4) is 0 Å². The number of hydroxylamine groups is 2. The summed E-state index contributed by atoms with van der Waals surface area (Å²) in [7, 11) is 0. The molecule has 8 heteroatoms. The largest absolute Gasteiger partial charge is 0.384 e. The van der Waals surface area contributed by atoms with E-state index >= 15 is 0 Å². The van der Waals surface area contributed by atoms with Gasteiger partial charge < -0.3 is 20.3 Å². The van der Waals surface area contributed by atoms with Gasteiger partial charge in [0.05, 0.1) is 18.7 Å². The van der Waals surface area contributed by atoms with Crippen LogP contribution in [0.1, 0.15) is 56.2 Å². The second kappa shape index (κ2) is 6.86. The Morgan fingerprint density at radius 1 is 1.57 bits per heavy atom. The maximum absolute atomic E-state index is 12.6. The molecular formula is C15H24N4O4. The van der Waals surface area contributed by atoms with E-state index in [1.54, 1.807) is 11.0 Å². The van der Waals surface area contributed by atoms with Crippen molar-refractivity contribution in [1.82, 2.24) is 15.1 Å². The zero-order valence-electron chi connectivity index (χ0n) is 13.4. The molecule has 23 heavy (non-hydrogen) atoms. The average molecular weight is 324 g/mol. The molecule has 3 heterocycles. The van der Waals surface area contributed by atoms with E-state index in [9.17, 15) is 9.90 Å². The second-order valence-corrected chi connectivity index (χ2v) is 6.10. The number of nitrogens with two attached hydrogens (primary N) is 1. The highest BCUT2D eigenvalue weighted by atomic mass is 16.7. The van der Waals surface area contributed by atoms with Crippen LogP contribution in [-0.4, -0.2) is 52.0 Å². The standard InChI is InChI=1S/C15H24N4O4/c1-2-3-6-22-19-10-4-5-12(18(9-10)15(19)21)11-7-14(23-17-11)13(20)8-16/h7,10,12-13,20H,2-6,8-9,16H2,1H3/t10-,12-,13-/m0/s1. The summed E-state index contributed by atoms with van der Waals surface area (Å²) in [5.74, 6) is 0.340. The molecular weight excluding hydrogens is 300 g/mol. The zero-order valence-corrected chi connectivity index (χ0v) is 13.4. The Balaban J connectivity index is 1.70. The number of fused-ring (bicyclic) bond motifs is 2. The molecule has 3 atom stereocenters. The number of carbonyl (C=O) groups is 1. The molecule has 128 valence electrons. The Labute approximate surface area is 135 Å². The van der Waals surface area contributed by atoms with Gasteiger partial charge in [0, 0.05) is 19.2 Å². The number of aromatic nitrogens is 1. The molecule has 3 N–H and O–H groups in total. The number of aliphatic hydroxyl groups is 1. The number of nitrogens with zero attached hydrogens (tertiary/aromatic N) is 3. The van der Waals surface area contributed by atoms with Gasteiger partial charge in [-0.1, -0.05) is 18.5 Å². The first-order valence-electron chi connectivity index (χ1n) is 8.23. The van der Waals surface area contributed by atoms with Crippen LogP contribution in [0.4, 0.5) is 4.79 Å². The molecule has 3 rings (SSSR count). The Hall–Kier alpha value is -1.64. The highest BCUT2D eigenvalue weighted by Crippen LogP contribution is 2.38. The molecule has 0 saturated carbocycles. The average Bonchev–Trinajstić information content (AvgIpc) is 3.14. The zero-order chi connectivity index (χ0) is 16.4. The molecule has 0 radical (unpaired) electrons. The first kappa shape index (κ1) is 16.2. The number of aliphatic hydroxyl groups excluding tert-OH is 1. The van der Waals surface area contributed by atoms with Crippen molar-refractivity contribution in [1.29, 1.82) is 0 Å². The molecule has 2 bridgehead atoms. The van der Waals surface area contributed by atoms with Crippen LogP contribution < -0.4 is 5.73 Å². The minimum absolute atomic E-state index is 0.0725. The fourth-order valence-corrected chi connectivity index (χ4v) is 3.15. The Morgan fingerprint density at radius 3 is 3.13 bits per heavy atom. The van der Waals surface area contributed by atoms with Gasteiger partial charge in [0.2, 0.25) is 0 Å². The topological polar surface area (TPSA) is 105 Å². The van der Waals surface area contributed by atoms with Gasteiger partial charge in [0.15, 0.2) is 5.76 Å². The summed E-state index contributed by atoms with van der Waals surface area (Å²) in [4.78, 5) is 20.0. The van der Waals surface area contributed by atoms with E-state index in [0.717, 1.165) is 25.7 Å². The molecule has 2 aliphatic heterocycles. The molecule has 0 aliphatic carbocycles. The van der Waals surface area contributed by atoms with Gasteiger partial charge >= 0.3 is 6.03 Å². The van der Waals surface area contributed by atoms with Gasteiger partial charge in [-0.05, 0) is 19.3 Å². The molecule has 0 unspecified atom stereocenters. The smallest absolute Gasteiger partial charge is 0.344 e. The van der Waals surface area contributed by atoms with E-state index < -0.39 is 6.10 Å². The number of carbonyl (C=O) groups excluding carboxylic acids is 1. The van der Waals surface area contributed by atoms with Crippen LogP contribution in [0, 0.1) is 0 Å². The van der Waals surface area contributed by atoms with Crippen molar-refractivity contribution in [3.8, 4) is 0 Å². The van der Waals surface area contributed by atoms with Gasteiger partial charge in [-0.2, -0.15) is 5.06 Å². The van der Waals surface area contributed by atoms with Crippen molar-refractivity contribution in [2.75, 3.05) is 19.7 Å². The van der Waals surface area contributed by atoms with Crippen LogP contribution in [0.2, 0.25) is 0 Å². The summed E-state index contributed by atoms with van der Waals surface area (Å²) in [5.41, 5.74) is 6.09. The predicted octanol–water partition coefficient (Wildman–Crippen LogP) is 1.34. The number of piperidine rings is 1. The van der Waals surface area contributed by atoms with Crippen LogP contribution in [-0.2, 0) is 4.84 Å². The molecule has 0 spiro atoms. The predicted molar refractivity (Wildman–Crippen MR) is 81.1 cm³/mol. The van der Waals surface area contributed by atoms with E-state index in [1.165, 1.54) is 5.06 Å². The molecule has 2 fully saturated rings. The number of hydrogen-bond donors (Lipinski definition) is 2. The highest BCUT2D eigenvalue weighted by Gasteiger charge is 2.46. The summed E-state index contributed by atoms with van der Waals surface area (Å²) in [6, 6.07) is 1.55. The lowest BCUT2D eigenvalue weighted by Gasteiger charge is -2.28. The lowest BCUT2D eigenvalue weighted by Crippen LogP contribution is -2.34. The van der Waals surface area contributed by atoms with Crippen LogP contribution in [0.5, 0.6) is 0 Å². The number of amides is 2. The Bertz CT molecular complexity index is 549. The van der Waals surface area contributed by atoms with Crippen molar-refractivity contribution in [2.24, 2.45) is 5.73 Å². The summed E-state index contributed by atoms with van der Waals surface area (Å²) in [6.07, 6.45) is 2.76. The van der Waals surface area contributed by atoms with E-state index in [2.05, 4.69) is 12.1 Å². The van der Waals surface area contributed by atoms with Crippen molar-refractivity contribution >= 4 is 6.03 Å². The van der Waals surface area contributed by atoms with Gasteiger partial charge in [-0.3, -0.25) is 4.84 Å². The second-order valence-electron chi connectivity index (χ2n) is 6.10. The maximum Gasteiger partial charge on any atom is 0.344 e. The van der Waals surface area contributed by atoms with Crippen LogP contribution in [0.25, 0.3) is 0 Å². The fourth-order valence-electron chi connectivity index (χ4n) is 3.15. The monoisotopic (exact) mass is 324 g/mol. The number of hydrogen-bond acceptors (Lipinski definition) is 6. The van der Waals surface area contributed by atoms with Gasteiger partial charge in [0.25, 0.3) is 0 Å². The minimum Gasteiger partial charge on any atom is -0.384 e. The van der Waals surface area contributed by atoms with Crippen molar-refractivity contribution < 1.29 is 19.3 Å². The van der Waals surface area contributed by atoms with E-state index in [0.29, 0.717) is 24.6 Å². The van der Waals surface area contributed by atoms with Crippen molar-refractivity contribution in [2.45, 2.75) is 50.8 Å². The molecule has 2 saturated heterocycles. The first-order valence-corrected chi connectivity index (χ1v) is 8.23. The summed E-state index contributed by atoms with van der Waals surface area (Å²) >= 11 is 0. The molecule has 8 nitrogen and oxygen atoms in total. The SMILES string of the molecule is CCCCON1C(=O)N2C[C@@H]1CC[C@H]2c1cc([C@@H](O)CN)on1. The van der Waals surface area contributed by atoms with E-state index in [-0.39, 0.29) is 24.7 Å². The maximum atomic E-state index is 12.6. The normalized spacial score (nSPS) is 25.3. The van der Waals surface area contributed by atoms with Crippen LogP contribution >= 0.6 is 0 Å². The third-order valence-corrected chi connectivity index (χ3v) is 4.49. The van der Waals surface area contributed by atoms with Crippen molar-refractivity contribution in [3.63, 3.8) is 0 Å². The quantitative estimate of drug-likeness (QED) is 0.733. The molecule has 1 aromatic heterocycles. The summed E-state index contributed by atoms with van der Waals surface area (Å²) in [5, 5.41) is 15.3. The third-order valence-electron chi connectivity index (χ3n) is 4.49. The Kier molecular flexibility index (Phi) is 4.84. The van der Waals surface area contributed by atoms with E-state index in [1.807, 2.05) is 0 Å². The number of unbranched alkanes of at least 4 members (excludes halogenated alkanes) is 1. The molecule has 1 aromatic rings. The fraction of sp³-hybridized carbons (Fsp3) is 0.733. The minimum atomic E-state index is -0.865. The Morgan fingerprint density at radius 2 is 2.39 bits per heavy atom. The lowest BCUT2D eigenvalue weighted by molar-refractivity contribution is -0.130. The van der Waals surface area contributed by atoms with Gasteiger partial charge in [-0.25, -0.2) is 4.79 Å². The van der Waals surface area contributed by atoms with Gasteiger partial charge in [0.1, 0.15) is 11.8 Å². The highest BCUT2D eigenvalue weighted by molar-refractivity contribution is 5.77. The lowest BCUT2D eigenvalue weighted by atomic mass is 9.98. The number of rotatable bonds is 7. The van der Waals surface area contributed by atoms with E-state index in [4.69, 9.17) is 15.1 Å². The molecule has 2 aliphatic rings. The van der Waals surface area contributed by atoms with Crippen LogP contribution in [0.15, 0.2) is 10.6 Å². The molecule has 0 aromatic carbocycles.